The van der Waals surface area contributed by atoms with Gasteiger partial charge in [-0.05, 0) is 30.2 Å². The molecule has 4 heterocycles. The molecule has 1 aliphatic heterocycles. The molecule has 1 aromatic carbocycles. The van der Waals surface area contributed by atoms with E-state index in [0.29, 0.717) is 18.8 Å². The summed E-state index contributed by atoms with van der Waals surface area (Å²) in [5.74, 6) is 0.292. The number of carbonyl (C=O) groups excluding carboxylic acids is 1. The number of fused-ring (bicyclic) bond motifs is 4. The largest absolute Gasteiger partial charge is 0.383 e. The minimum absolute atomic E-state index is 0.0557. The fraction of sp³-hybridized carbons (Fsp3) is 0.167. The van der Waals surface area contributed by atoms with Crippen molar-refractivity contribution in [3.05, 3.63) is 67.8 Å². The molecule has 0 aliphatic carbocycles. The predicted molar refractivity (Wildman–Crippen MR) is 123 cm³/mol. The number of hydrogen-bond donors (Lipinski definition) is 1. The number of pyridine rings is 1. The lowest BCUT2D eigenvalue weighted by Crippen LogP contribution is -2.41. The van der Waals surface area contributed by atoms with Crippen LogP contribution >= 0.6 is 0 Å². The number of anilines is 1. The van der Waals surface area contributed by atoms with Crippen molar-refractivity contribution in [1.29, 1.82) is 0 Å². The fourth-order valence-electron chi connectivity index (χ4n) is 4.47. The molecule has 1 atom stereocenters. The molecule has 5 rings (SSSR count). The Morgan fingerprint density at radius 2 is 2.10 bits per heavy atom. The van der Waals surface area contributed by atoms with Crippen molar-refractivity contribution in [2.45, 2.75) is 19.0 Å². The number of aromatic nitrogens is 4. The number of nitrogens with zero attached hydrogens (tertiary/aromatic N) is 5. The summed E-state index contributed by atoms with van der Waals surface area (Å²) in [4.78, 5) is 27.3. The summed E-state index contributed by atoms with van der Waals surface area (Å²) < 4.78 is 2.10. The van der Waals surface area contributed by atoms with Crippen LogP contribution in [0.15, 0.2) is 62.1 Å². The number of para-hydroxylation sites is 1. The second-order valence-corrected chi connectivity index (χ2v) is 7.82. The number of carbonyl (C=O) groups is 1. The number of amides is 1. The van der Waals surface area contributed by atoms with E-state index in [9.17, 15) is 4.79 Å². The summed E-state index contributed by atoms with van der Waals surface area (Å²) in [6.07, 6.45) is 5.31. The van der Waals surface area contributed by atoms with Gasteiger partial charge >= 0.3 is 0 Å². The van der Waals surface area contributed by atoms with E-state index in [2.05, 4.69) is 38.7 Å². The van der Waals surface area contributed by atoms with Gasteiger partial charge in [-0.3, -0.25) is 9.78 Å². The first-order chi connectivity index (χ1) is 15.0. The number of hydrogen-bond acceptors (Lipinski definition) is 5. The molecule has 7 nitrogen and oxygen atoms in total. The molecular weight excluding hydrogens is 388 g/mol. The van der Waals surface area contributed by atoms with Crippen LogP contribution in [0.25, 0.3) is 38.6 Å². The van der Waals surface area contributed by atoms with Gasteiger partial charge in [-0.15, -0.1) is 0 Å². The van der Waals surface area contributed by atoms with Crippen LogP contribution in [0.1, 0.15) is 12.1 Å². The van der Waals surface area contributed by atoms with Gasteiger partial charge in [-0.25, -0.2) is 9.97 Å². The van der Waals surface area contributed by atoms with Gasteiger partial charge in [0.2, 0.25) is 5.91 Å². The van der Waals surface area contributed by atoms with E-state index < -0.39 is 0 Å². The molecule has 1 amide bonds. The predicted octanol–water partition coefficient (Wildman–Crippen LogP) is 3.66. The molecule has 7 heteroatoms. The van der Waals surface area contributed by atoms with Crippen molar-refractivity contribution in [1.82, 2.24) is 24.4 Å². The minimum atomic E-state index is -0.120. The van der Waals surface area contributed by atoms with Crippen LogP contribution in [0, 0.1) is 0 Å². The van der Waals surface area contributed by atoms with E-state index in [-0.39, 0.29) is 11.9 Å². The van der Waals surface area contributed by atoms with Crippen LogP contribution in [-0.4, -0.2) is 43.4 Å². The highest BCUT2D eigenvalue weighted by Crippen LogP contribution is 2.43. The zero-order valence-corrected chi connectivity index (χ0v) is 17.2. The first-order valence-electron chi connectivity index (χ1n) is 10.0. The third kappa shape index (κ3) is 2.89. The average molecular weight is 410 g/mol. The van der Waals surface area contributed by atoms with Gasteiger partial charge in [0.25, 0.3) is 0 Å². The van der Waals surface area contributed by atoms with E-state index in [1.807, 2.05) is 30.5 Å². The lowest BCUT2D eigenvalue weighted by atomic mass is 9.93. The highest BCUT2D eigenvalue weighted by atomic mass is 16.2. The Balaban J connectivity index is 1.76. The molecule has 0 radical (unpaired) electrons. The maximum atomic E-state index is 12.2. The molecule has 4 aromatic rings. The van der Waals surface area contributed by atoms with E-state index in [0.717, 1.165) is 44.3 Å². The molecule has 0 saturated carbocycles. The normalized spacial score (nSPS) is 15.8. The van der Waals surface area contributed by atoms with Crippen molar-refractivity contribution in [3.63, 3.8) is 0 Å². The molecule has 0 saturated heterocycles. The van der Waals surface area contributed by atoms with Crippen molar-refractivity contribution in [2.24, 2.45) is 0 Å². The molecule has 0 fully saturated rings. The third-order valence-corrected chi connectivity index (χ3v) is 6.03. The Hall–Kier alpha value is -4.00. The standard InChI is InChI=1S/C24H22N6O/c1-4-19(31)29(3)17-9-14(2)22-20(16-10-15-7-5-6-8-18(15)26-11-16)21-23(25)27-13-28-24(21)30(22)12-17/h4-8,10-11,13,17H,1-2,9,12H2,3H3,(H2,25,27,28). The number of nitrogens with two attached hydrogens (primary N) is 1. The maximum absolute atomic E-state index is 12.2. The summed E-state index contributed by atoms with van der Waals surface area (Å²) in [5, 5.41) is 1.83. The second kappa shape index (κ2) is 7.05. The Kier molecular flexibility index (Phi) is 4.32. The summed E-state index contributed by atoms with van der Waals surface area (Å²) in [7, 11) is 1.79. The topological polar surface area (TPSA) is 89.9 Å². The van der Waals surface area contributed by atoms with E-state index in [1.165, 1.54) is 12.4 Å². The van der Waals surface area contributed by atoms with E-state index in [1.54, 1.807) is 11.9 Å². The molecule has 2 N–H and O–H groups in total. The Morgan fingerprint density at radius 3 is 2.90 bits per heavy atom. The Morgan fingerprint density at radius 1 is 1.29 bits per heavy atom. The van der Waals surface area contributed by atoms with Crippen molar-refractivity contribution in [3.8, 4) is 11.1 Å². The van der Waals surface area contributed by atoms with Gasteiger partial charge in [0, 0.05) is 36.3 Å². The SMILES string of the molecule is C=CC(=O)N(C)C1CC(=C)c2c(-c3cnc4ccccc4c3)c3c(N)ncnc3n2C1. The lowest BCUT2D eigenvalue weighted by molar-refractivity contribution is -0.127. The molecular formula is C24H22N6O. The van der Waals surface area contributed by atoms with Crippen LogP contribution in [0.2, 0.25) is 0 Å². The molecule has 0 spiro atoms. The van der Waals surface area contributed by atoms with Gasteiger partial charge in [0.1, 0.15) is 17.8 Å². The third-order valence-electron chi connectivity index (χ3n) is 6.03. The van der Waals surface area contributed by atoms with Crippen molar-refractivity contribution >= 4 is 39.2 Å². The number of rotatable bonds is 3. The van der Waals surface area contributed by atoms with Gasteiger partial charge in [0.05, 0.1) is 22.6 Å². The molecule has 0 bridgehead atoms. The van der Waals surface area contributed by atoms with Gasteiger partial charge in [0.15, 0.2) is 0 Å². The van der Waals surface area contributed by atoms with E-state index in [4.69, 9.17) is 5.73 Å². The summed E-state index contributed by atoms with van der Waals surface area (Å²) in [5.41, 5.74) is 11.8. The molecule has 1 unspecified atom stereocenters. The molecule has 1 aliphatic rings. The summed E-state index contributed by atoms with van der Waals surface area (Å²) in [6, 6.07) is 10.0. The smallest absolute Gasteiger partial charge is 0.246 e. The zero-order valence-electron chi connectivity index (χ0n) is 17.2. The number of likely N-dealkylation sites (N-methyl/N-ethyl adjacent to an activating group) is 1. The molecule has 3 aromatic heterocycles. The zero-order chi connectivity index (χ0) is 21.7. The molecule has 31 heavy (non-hydrogen) atoms. The number of nitrogen functional groups attached to an aromatic ring is 1. The summed E-state index contributed by atoms with van der Waals surface area (Å²) in [6.45, 7) is 8.54. The second-order valence-electron chi connectivity index (χ2n) is 7.82. The van der Waals surface area contributed by atoms with Gasteiger partial charge < -0.3 is 15.2 Å². The Labute approximate surface area is 179 Å². The van der Waals surface area contributed by atoms with Crippen molar-refractivity contribution < 1.29 is 4.79 Å². The highest BCUT2D eigenvalue weighted by Gasteiger charge is 2.32. The van der Waals surface area contributed by atoms with Crippen LogP contribution < -0.4 is 5.73 Å². The van der Waals surface area contributed by atoms with E-state index >= 15 is 0 Å². The lowest BCUT2D eigenvalue weighted by Gasteiger charge is -2.33. The monoisotopic (exact) mass is 410 g/mol. The summed E-state index contributed by atoms with van der Waals surface area (Å²) >= 11 is 0. The quantitative estimate of drug-likeness (QED) is 0.521. The van der Waals surface area contributed by atoms with Crippen molar-refractivity contribution in [2.75, 3.05) is 12.8 Å². The fourth-order valence-corrected chi connectivity index (χ4v) is 4.47. The van der Waals surface area contributed by atoms with Crippen LogP contribution in [-0.2, 0) is 11.3 Å². The Bertz CT molecular complexity index is 1390. The molecule has 154 valence electrons. The number of benzene rings is 1. The first-order valence-corrected chi connectivity index (χ1v) is 10.0. The van der Waals surface area contributed by atoms with Crippen LogP contribution in [0.3, 0.4) is 0 Å². The van der Waals surface area contributed by atoms with Crippen LogP contribution in [0.5, 0.6) is 0 Å². The van der Waals surface area contributed by atoms with Gasteiger partial charge in [-0.1, -0.05) is 31.4 Å². The first kappa shape index (κ1) is 19.0. The minimum Gasteiger partial charge on any atom is -0.383 e. The van der Waals surface area contributed by atoms with Gasteiger partial charge in [-0.2, -0.15) is 0 Å². The van der Waals surface area contributed by atoms with Crippen LogP contribution in [0.4, 0.5) is 5.82 Å². The average Bonchev–Trinajstić information content (AvgIpc) is 3.14. The maximum Gasteiger partial charge on any atom is 0.246 e. The highest BCUT2D eigenvalue weighted by molar-refractivity contribution is 6.07.